The van der Waals surface area contributed by atoms with E-state index >= 15 is 0 Å². The standard InChI is InChI=1S/C32H46N2O7/c1-6-30(4)15-25(31(5)19(2)10-12-32(20(3)28(30)38)13-11-24(36)27(31)32)41-26(37)18-40-22-9-7-8-21(14-22)16-34-29(39)23(33)17-35/h6-9,14,19-20,23,25,27-28,35,38H,1,10-13,15-18,33H2,2-5H3,(H,34,39)/t19?,20-,23+,25+,27?,28-,30+,31-,32?/m0/s1. The van der Waals surface area contributed by atoms with Gasteiger partial charge in [0.1, 0.15) is 23.7 Å². The topological polar surface area (TPSA) is 148 Å². The highest BCUT2D eigenvalue weighted by atomic mass is 16.6. The summed E-state index contributed by atoms with van der Waals surface area (Å²) in [4.78, 5) is 38.7. The smallest absolute Gasteiger partial charge is 0.344 e. The molecule has 0 aromatic heterocycles. The Hall–Kier alpha value is -2.75. The number of esters is 1. The van der Waals surface area contributed by atoms with E-state index in [0.717, 1.165) is 24.8 Å². The van der Waals surface area contributed by atoms with Gasteiger partial charge in [0, 0.05) is 29.7 Å². The van der Waals surface area contributed by atoms with E-state index in [4.69, 9.17) is 20.3 Å². The van der Waals surface area contributed by atoms with Crippen LogP contribution in [0.3, 0.4) is 0 Å². The molecule has 0 heterocycles. The van der Waals surface area contributed by atoms with Crippen molar-refractivity contribution in [3.8, 4) is 5.75 Å². The molecule has 1 aromatic carbocycles. The molecule has 0 saturated heterocycles. The minimum absolute atomic E-state index is 0.0924. The predicted octanol–water partition coefficient (Wildman–Crippen LogP) is 2.91. The van der Waals surface area contributed by atoms with Gasteiger partial charge in [0.25, 0.3) is 0 Å². The predicted molar refractivity (Wildman–Crippen MR) is 153 cm³/mol. The molecule has 4 rings (SSSR count). The Bertz CT molecular complexity index is 1170. The van der Waals surface area contributed by atoms with E-state index in [-0.39, 0.29) is 42.1 Å². The summed E-state index contributed by atoms with van der Waals surface area (Å²) in [5.41, 5.74) is 4.64. The Kier molecular flexibility index (Phi) is 9.02. The quantitative estimate of drug-likeness (QED) is 0.262. The molecule has 0 aliphatic heterocycles. The zero-order chi connectivity index (χ0) is 30.2. The van der Waals surface area contributed by atoms with Crippen molar-refractivity contribution in [1.29, 1.82) is 0 Å². The van der Waals surface area contributed by atoms with Gasteiger partial charge in [0.2, 0.25) is 5.91 Å². The fourth-order valence-electron chi connectivity index (χ4n) is 7.98. The highest BCUT2D eigenvalue weighted by molar-refractivity contribution is 5.86. The van der Waals surface area contributed by atoms with Gasteiger partial charge in [-0.05, 0) is 60.6 Å². The maximum absolute atomic E-state index is 13.5. The van der Waals surface area contributed by atoms with Gasteiger partial charge in [-0.25, -0.2) is 4.79 Å². The van der Waals surface area contributed by atoms with Gasteiger partial charge in [-0.15, -0.1) is 6.58 Å². The van der Waals surface area contributed by atoms with Crippen LogP contribution in [0.5, 0.6) is 5.75 Å². The lowest BCUT2D eigenvalue weighted by Crippen LogP contribution is -2.63. The fourth-order valence-corrected chi connectivity index (χ4v) is 7.98. The minimum Gasteiger partial charge on any atom is -0.482 e. The molecule has 9 heteroatoms. The maximum atomic E-state index is 13.5. The Morgan fingerprint density at radius 3 is 2.68 bits per heavy atom. The molecule has 1 amide bonds. The molecular weight excluding hydrogens is 524 g/mol. The summed E-state index contributed by atoms with van der Waals surface area (Å²) in [5, 5.41) is 23.3. The molecular formula is C32H46N2O7. The lowest BCUT2D eigenvalue weighted by atomic mass is 9.44. The molecule has 3 unspecified atom stereocenters. The van der Waals surface area contributed by atoms with Crippen molar-refractivity contribution in [2.75, 3.05) is 13.2 Å². The van der Waals surface area contributed by atoms with Crippen molar-refractivity contribution in [3.05, 3.63) is 42.5 Å². The number of hydrogen-bond acceptors (Lipinski definition) is 8. The second-order valence-electron chi connectivity index (χ2n) is 13.0. The van der Waals surface area contributed by atoms with Crippen molar-refractivity contribution in [1.82, 2.24) is 5.32 Å². The van der Waals surface area contributed by atoms with Crippen LogP contribution in [0.15, 0.2) is 36.9 Å². The van der Waals surface area contributed by atoms with Crippen LogP contribution in [0, 0.1) is 34.0 Å². The van der Waals surface area contributed by atoms with E-state index in [2.05, 4.69) is 32.7 Å². The number of amides is 1. The second kappa shape index (κ2) is 11.9. The Balaban J connectivity index is 1.53. The third kappa shape index (κ3) is 5.56. The Morgan fingerprint density at radius 2 is 2.00 bits per heavy atom. The number of carbonyl (C=O) groups is 3. The van der Waals surface area contributed by atoms with Gasteiger partial charge in [-0.1, -0.05) is 45.9 Å². The van der Waals surface area contributed by atoms with Crippen LogP contribution >= 0.6 is 0 Å². The van der Waals surface area contributed by atoms with E-state index in [9.17, 15) is 19.5 Å². The molecule has 3 aliphatic carbocycles. The summed E-state index contributed by atoms with van der Waals surface area (Å²) < 4.78 is 12.0. The summed E-state index contributed by atoms with van der Waals surface area (Å²) in [6, 6.07) is 5.95. The highest BCUT2D eigenvalue weighted by Crippen LogP contribution is 2.68. The van der Waals surface area contributed by atoms with Crippen LogP contribution in [0.4, 0.5) is 0 Å². The largest absolute Gasteiger partial charge is 0.482 e. The monoisotopic (exact) mass is 570 g/mol. The first-order chi connectivity index (χ1) is 19.3. The molecule has 9 atom stereocenters. The number of hydrogen-bond donors (Lipinski definition) is 4. The molecule has 0 spiro atoms. The first-order valence-corrected chi connectivity index (χ1v) is 14.7. The number of benzene rings is 1. The normalized spacial score (nSPS) is 37.2. The first kappa shape index (κ1) is 31.2. The summed E-state index contributed by atoms with van der Waals surface area (Å²) in [6.45, 7) is 11.7. The molecule has 3 aliphatic rings. The van der Waals surface area contributed by atoms with Crippen molar-refractivity contribution in [3.63, 3.8) is 0 Å². The number of carbonyl (C=O) groups excluding carboxylic acids is 3. The van der Waals surface area contributed by atoms with Crippen molar-refractivity contribution in [2.45, 2.75) is 84.6 Å². The Morgan fingerprint density at radius 1 is 1.27 bits per heavy atom. The van der Waals surface area contributed by atoms with E-state index in [1.54, 1.807) is 30.3 Å². The molecule has 41 heavy (non-hydrogen) atoms. The molecule has 2 bridgehead atoms. The number of ether oxygens (including phenoxy) is 2. The highest BCUT2D eigenvalue weighted by Gasteiger charge is 2.68. The van der Waals surface area contributed by atoms with Crippen LogP contribution in [-0.2, 0) is 25.7 Å². The van der Waals surface area contributed by atoms with Gasteiger partial charge < -0.3 is 30.7 Å². The zero-order valence-corrected chi connectivity index (χ0v) is 24.7. The summed E-state index contributed by atoms with van der Waals surface area (Å²) in [6.07, 6.45) is 3.82. The van der Waals surface area contributed by atoms with Crippen LogP contribution in [0.25, 0.3) is 0 Å². The third-order valence-corrected chi connectivity index (χ3v) is 10.8. The number of nitrogens with two attached hydrogens (primary N) is 1. The number of rotatable bonds is 9. The van der Waals surface area contributed by atoms with Gasteiger partial charge >= 0.3 is 5.97 Å². The van der Waals surface area contributed by atoms with Gasteiger partial charge in [0.15, 0.2) is 6.61 Å². The molecule has 3 saturated carbocycles. The molecule has 0 radical (unpaired) electrons. The number of nitrogens with one attached hydrogen (secondary N) is 1. The van der Waals surface area contributed by atoms with Crippen LogP contribution < -0.4 is 15.8 Å². The summed E-state index contributed by atoms with van der Waals surface area (Å²) >= 11 is 0. The van der Waals surface area contributed by atoms with Crippen LogP contribution in [0.1, 0.15) is 65.4 Å². The van der Waals surface area contributed by atoms with Crippen molar-refractivity contribution >= 4 is 17.7 Å². The Labute approximate surface area is 242 Å². The lowest BCUT2D eigenvalue weighted by Gasteiger charge is -2.61. The molecule has 9 nitrogen and oxygen atoms in total. The molecule has 226 valence electrons. The number of aliphatic hydroxyl groups is 2. The number of aliphatic hydroxyl groups excluding tert-OH is 2. The van der Waals surface area contributed by atoms with Crippen LogP contribution in [0.2, 0.25) is 0 Å². The third-order valence-electron chi connectivity index (χ3n) is 10.8. The fraction of sp³-hybridized carbons (Fsp3) is 0.656. The summed E-state index contributed by atoms with van der Waals surface area (Å²) in [5.74, 6) is -0.618. The summed E-state index contributed by atoms with van der Waals surface area (Å²) in [7, 11) is 0. The lowest BCUT2D eigenvalue weighted by molar-refractivity contribution is -0.207. The van der Waals surface area contributed by atoms with Crippen molar-refractivity contribution in [2.24, 2.45) is 39.7 Å². The van der Waals surface area contributed by atoms with Crippen molar-refractivity contribution < 1.29 is 34.1 Å². The molecule has 3 fully saturated rings. The first-order valence-electron chi connectivity index (χ1n) is 14.7. The average molecular weight is 571 g/mol. The zero-order valence-electron chi connectivity index (χ0n) is 24.7. The SMILES string of the molecule is C=C[C@]1(C)C[C@@H](OC(=O)COc2cccc(CNC(=O)[C@H](N)CO)c2)[C@]2(C)C(C)CCC3(CCC(=O)C32)[C@@H](C)[C@@H]1O. The van der Waals surface area contributed by atoms with Gasteiger partial charge in [-0.2, -0.15) is 0 Å². The number of ketones is 1. The van der Waals surface area contributed by atoms with E-state index in [0.29, 0.717) is 18.6 Å². The number of Topliss-reactive ketones (excluding diaryl/α,β-unsaturated/α-hetero) is 1. The second-order valence-corrected chi connectivity index (χ2v) is 13.0. The van der Waals surface area contributed by atoms with E-state index in [1.807, 2.05) is 6.92 Å². The van der Waals surface area contributed by atoms with E-state index in [1.165, 1.54) is 0 Å². The van der Waals surface area contributed by atoms with E-state index < -0.39 is 47.6 Å². The van der Waals surface area contributed by atoms with Gasteiger partial charge in [-0.3, -0.25) is 9.59 Å². The molecule has 5 N–H and O–H groups in total. The van der Waals surface area contributed by atoms with Crippen LogP contribution in [-0.4, -0.2) is 59.3 Å². The maximum Gasteiger partial charge on any atom is 0.344 e. The molecule has 1 aromatic rings. The average Bonchev–Trinajstić information content (AvgIpc) is 3.32. The minimum atomic E-state index is -0.997. The van der Waals surface area contributed by atoms with Gasteiger partial charge in [0.05, 0.1) is 12.7 Å².